The fourth-order valence-corrected chi connectivity index (χ4v) is 2.01. The van der Waals surface area contributed by atoms with Gasteiger partial charge in [0.05, 0.1) is 6.07 Å². The molecule has 0 spiro atoms. The monoisotopic (exact) mass is 219 g/mol. The lowest BCUT2D eigenvalue weighted by atomic mass is 9.95. The lowest BCUT2D eigenvalue weighted by Crippen LogP contribution is -2.51. The normalized spacial score (nSPS) is 18.8. The molecule has 2 N–H and O–H groups in total. The van der Waals surface area contributed by atoms with Crippen molar-refractivity contribution < 1.29 is 4.39 Å². The average molecular weight is 219 g/mol. The van der Waals surface area contributed by atoms with E-state index in [1.165, 1.54) is 6.07 Å². The molecule has 1 heterocycles. The van der Waals surface area contributed by atoms with Gasteiger partial charge in [0, 0.05) is 18.7 Å². The fourth-order valence-electron chi connectivity index (χ4n) is 2.01. The predicted molar refractivity (Wildman–Crippen MR) is 58.9 cm³/mol. The highest BCUT2D eigenvalue weighted by Gasteiger charge is 2.33. The van der Waals surface area contributed by atoms with Crippen LogP contribution in [0.4, 0.5) is 4.39 Å². The highest BCUT2D eigenvalue weighted by molar-refractivity contribution is 5.26. The molecule has 1 aliphatic rings. The zero-order chi connectivity index (χ0) is 11.5. The smallest absolute Gasteiger partial charge is 0.129 e. The number of hydrogen-bond donors (Lipinski definition) is 1. The van der Waals surface area contributed by atoms with Crippen molar-refractivity contribution in [2.75, 3.05) is 19.6 Å². The number of halogens is 1. The zero-order valence-corrected chi connectivity index (χ0v) is 8.94. The predicted octanol–water partition coefficient (Wildman–Crippen LogP) is 1.28. The fraction of sp³-hybridized carbons (Fsp3) is 0.417. The Morgan fingerprint density at radius 3 is 2.75 bits per heavy atom. The number of benzene rings is 1. The third-order valence-electron chi connectivity index (χ3n) is 3.01. The van der Waals surface area contributed by atoms with E-state index in [1.807, 2.05) is 4.90 Å². The Hall–Kier alpha value is -1.44. The number of likely N-dealkylation sites (tertiary alicyclic amines) is 1. The van der Waals surface area contributed by atoms with E-state index in [0.29, 0.717) is 18.0 Å². The molecule has 3 nitrogen and oxygen atoms in total. The van der Waals surface area contributed by atoms with Gasteiger partial charge in [-0.05, 0) is 18.5 Å². The molecule has 4 heteroatoms. The Morgan fingerprint density at radius 2 is 2.19 bits per heavy atom. The van der Waals surface area contributed by atoms with Crippen molar-refractivity contribution in [1.29, 1.82) is 5.26 Å². The molecule has 1 aliphatic heterocycles. The topological polar surface area (TPSA) is 53.0 Å². The molecule has 0 bridgehead atoms. The minimum absolute atomic E-state index is 0.315. The molecular formula is C12H14FN3. The van der Waals surface area contributed by atoms with Crippen molar-refractivity contribution in [3.8, 4) is 6.07 Å². The van der Waals surface area contributed by atoms with Crippen LogP contribution in [0, 0.1) is 23.1 Å². The van der Waals surface area contributed by atoms with E-state index in [-0.39, 0.29) is 5.82 Å². The van der Waals surface area contributed by atoms with Crippen LogP contribution in [-0.2, 0) is 0 Å². The molecule has 0 saturated carbocycles. The highest BCUT2D eigenvalue weighted by atomic mass is 19.1. The van der Waals surface area contributed by atoms with Gasteiger partial charge in [-0.15, -0.1) is 0 Å². The first-order chi connectivity index (χ1) is 7.76. The Balaban J connectivity index is 2.13. The average Bonchev–Trinajstić information content (AvgIpc) is 2.24. The second-order valence-electron chi connectivity index (χ2n) is 4.11. The standard InChI is InChI=1S/C12H14FN3/c13-11-4-2-1-3-10(11)12(6-15)16-7-9(5-14)8-16/h1-4,9,12H,5,7-8,14H2. The first-order valence-electron chi connectivity index (χ1n) is 5.34. The van der Waals surface area contributed by atoms with E-state index in [2.05, 4.69) is 6.07 Å². The van der Waals surface area contributed by atoms with Gasteiger partial charge >= 0.3 is 0 Å². The Bertz CT molecular complexity index is 407. The van der Waals surface area contributed by atoms with Gasteiger partial charge in [0.2, 0.25) is 0 Å². The van der Waals surface area contributed by atoms with Crippen LogP contribution in [0.5, 0.6) is 0 Å². The molecule has 1 unspecified atom stereocenters. The summed E-state index contributed by atoms with van der Waals surface area (Å²) in [5, 5.41) is 9.11. The van der Waals surface area contributed by atoms with Crippen LogP contribution in [0.2, 0.25) is 0 Å². The summed E-state index contributed by atoms with van der Waals surface area (Å²) in [7, 11) is 0. The quantitative estimate of drug-likeness (QED) is 0.833. The number of nitrogens with zero attached hydrogens (tertiary/aromatic N) is 2. The lowest BCUT2D eigenvalue weighted by Gasteiger charge is -2.41. The molecular weight excluding hydrogens is 205 g/mol. The molecule has 0 amide bonds. The van der Waals surface area contributed by atoms with Gasteiger partial charge < -0.3 is 5.73 Å². The molecule has 1 saturated heterocycles. The minimum Gasteiger partial charge on any atom is -0.330 e. The third kappa shape index (κ3) is 1.92. The van der Waals surface area contributed by atoms with Gasteiger partial charge in [-0.25, -0.2) is 4.39 Å². The van der Waals surface area contributed by atoms with E-state index in [1.54, 1.807) is 18.2 Å². The maximum Gasteiger partial charge on any atom is 0.129 e. The van der Waals surface area contributed by atoms with Gasteiger partial charge in [-0.2, -0.15) is 5.26 Å². The molecule has 1 fully saturated rings. The summed E-state index contributed by atoms with van der Waals surface area (Å²) in [5.41, 5.74) is 5.98. The van der Waals surface area contributed by atoms with Gasteiger partial charge in [0.25, 0.3) is 0 Å². The SMILES string of the molecule is N#CC(c1ccccc1F)N1CC(CN)C1. The molecule has 0 radical (unpaired) electrons. The molecule has 0 aromatic heterocycles. The molecule has 1 atom stereocenters. The molecule has 1 aromatic rings. The summed E-state index contributed by atoms with van der Waals surface area (Å²) < 4.78 is 13.5. The summed E-state index contributed by atoms with van der Waals surface area (Å²) in [6, 6.07) is 8.11. The minimum atomic E-state index is -0.482. The molecule has 1 aromatic carbocycles. The van der Waals surface area contributed by atoms with Crippen LogP contribution in [0.15, 0.2) is 24.3 Å². The maximum absolute atomic E-state index is 13.5. The Kier molecular flexibility index (Phi) is 3.18. The van der Waals surface area contributed by atoms with Crippen molar-refractivity contribution in [1.82, 2.24) is 4.90 Å². The molecule has 0 aliphatic carbocycles. The van der Waals surface area contributed by atoms with Crippen LogP contribution < -0.4 is 5.73 Å². The van der Waals surface area contributed by atoms with Crippen LogP contribution >= 0.6 is 0 Å². The van der Waals surface area contributed by atoms with Crippen molar-refractivity contribution in [3.05, 3.63) is 35.6 Å². The van der Waals surface area contributed by atoms with E-state index >= 15 is 0 Å². The summed E-state index contributed by atoms with van der Waals surface area (Å²) in [6.07, 6.45) is 0. The Morgan fingerprint density at radius 1 is 1.50 bits per heavy atom. The molecule has 84 valence electrons. The number of nitriles is 1. The van der Waals surface area contributed by atoms with Crippen molar-refractivity contribution in [2.45, 2.75) is 6.04 Å². The molecule has 2 rings (SSSR count). The first-order valence-corrected chi connectivity index (χ1v) is 5.34. The van der Waals surface area contributed by atoms with Crippen LogP contribution in [0.1, 0.15) is 11.6 Å². The summed E-state index contributed by atoms with van der Waals surface area (Å²) in [6.45, 7) is 2.19. The van der Waals surface area contributed by atoms with Crippen molar-refractivity contribution in [3.63, 3.8) is 0 Å². The van der Waals surface area contributed by atoms with Gasteiger partial charge in [-0.3, -0.25) is 4.90 Å². The van der Waals surface area contributed by atoms with E-state index < -0.39 is 6.04 Å². The van der Waals surface area contributed by atoms with E-state index in [0.717, 1.165) is 13.1 Å². The van der Waals surface area contributed by atoms with Crippen molar-refractivity contribution >= 4 is 0 Å². The number of rotatable bonds is 3. The van der Waals surface area contributed by atoms with Crippen LogP contribution in [0.3, 0.4) is 0 Å². The highest BCUT2D eigenvalue weighted by Crippen LogP contribution is 2.29. The summed E-state index contributed by atoms with van der Waals surface area (Å²) in [4.78, 5) is 1.95. The summed E-state index contributed by atoms with van der Waals surface area (Å²) in [5.74, 6) is 0.132. The first kappa shape index (κ1) is 11.1. The van der Waals surface area contributed by atoms with Crippen LogP contribution in [-0.4, -0.2) is 24.5 Å². The van der Waals surface area contributed by atoms with Gasteiger partial charge in [0.1, 0.15) is 11.9 Å². The maximum atomic E-state index is 13.5. The van der Waals surface area contributed by atoms with Crippen molar-refractivity contribution in [2.24, 2.45) is 11.7 Å². The second-order valence-corrected chi connectivity index (χ2v) is 4.11. The van der Waals surface area contributed by atoms with E-state index in [9.17, 15) is 4.39 Å². The largest absolute Gasteiger partial charge is 0.330 e. The molecule has 16 heavy (non-hydrogen) atoms. The van der Waals surface area contributed by atoms with E-state index in [4.69, 9.17) is 11.0 Å². The van der Waals surface area contributed by atoms with Gasteiger partial charge in [-0.1, -0.05) is 18.2 Å². The Labute approximate surface area is 94.3 Å². The second kappa shape index (κ2) is 4.60. The van der Waals surface area contributed by atoms with Crippen LogP contribution in [0.25, 0.3) is 0 Å². The summed E-state index contributed by atoms with van der Waals surface area (Å²) >= 11 is 0. The number of hydrogen-bond acceptors (Lipinski definition) is 3. The lowest BCUT2D eigenvalue weighted by molar-refractivity contribution is 0.0784. The van der Waals surface area contributed by atoms with Gasteiger partial charge in [0.15, 0.2) is 0 Å². The number of nitrogens with two attached hydrogens (primary N) is 1. The zero-order valence-electron chi connectivity index (χ0n) is 8.94. The third-order valence-corrected chi connectivity index (χ3v) is 3.01.